The quantitative estimate of drug-likeness (QED) is 0.197. The monoisotopic (exact) mass is 672 g/mol. The van der Waals surface area contributed by atoms with Crippen LogP contribution in [0.1, 0.15) is 88.8 Å². The van der Waals surface area contributed by atoms with Gasteiger partial charge in [-0.05, 0) is 94.5 Å². The predicted octanol–water partition coefficient (Wildman–Crippen LogP) is 9.26. The van der Waals surface area contributed by atoms with Crippen molar-refractivity contribution in [2.75, 3.05) is 37.8 Å². The standard InChI is InChI=1S/C38H52F4N4S/c1-6-43-37-33-24-34(29-17-22-47(5)23-18-29)28(4)46(37)19-10-8-7-9-12-31(25-39)45-20-15-30(16-21-45)38(41,42)35-14-11-13-32(36(35)40)26(2)44-27(33)3/h6,11,13-14,24,26,29-31,44H,3-5,7-10,12,15-23,25H2,1-2H3/b43-6-/t26-,29?,31?,47?/m1/s1. The predicted molar refractivity (Wildman–Crippen MR) is 190 cm³/mol. The summed E-state index contributed by atoms with van der Waals surface area (Å²) in [6.45, 7) is 13.6. The van der Waals surface area contributed by atoms with E-state index >= 15 is 13.2 Å². The summed E-state index contributed by atoms with van der Waals surface area (Å²) in [5.74, 6) is 2.33. The molecule has 0 aliphatic carbocycles. The molecule has 1 aromatic rings. The van der Waals surface area contributed by atoms with Crippen molar-refractivity contribution in [2.24, 2.45) is 16.8 Å². The van der Waals surface area contributed by atoms with Crippen LogP contribution in [0.4, 0.5) is 17.6 Å². The van der Waals surface area contributed by atoms with E-state index in [0.29, 0.717) is 31.1 Å². The van der Waals surface area contributed by atoms with E-state index < -0.39 is 35.9 Å². The first-order valence-corrected chi connectivity index (χ1v) is 19.1. The SMILES string of the molecule is C=C1N[C@H](C)c2cccc(c2F)C(F)(F)C2CCN(CC2)C(CF)CCCCCCN2C(=C)C(C3CCS(=C)CC3)=CC1=C2/N=C\C. The molecule has 0 amide bonds. The van der Waals surface area contributed by atoms with Crippen LogP contribution >= 0.6 is 10.5 Å². The van der Waals surface area contributed by atoms with Crippen LogP contribution in [0, 0.1) is 17.7 Å². The van der Waals surface area contributed by atoms with Gasteiger partial charge in [0.1, 0.15) is 18.3 Å². The zero-order valence-corrected chi connectivity index (χ0v) is 29.0. The maximum Gasteiger partial charge on any atom is 0.278 e. The number of hydrogen-bond acceptors (Lipinski definition) is 4. The van der Waals surface area contributed by atoms with Gasteiger partial charge in [-0.25, -0.2) is 22.6 Å². The van der Waals surface area contributed by atoms with Gasteiger partial charge in [-0.1, -0.05) is 56.5 Å². The maximum absolute atomic E-state index is 16.1. The van der Waals surface area contributed by atoms with Crippen molar-refractivity contribution in [3.8, 4) is 0 Å². The third-order valence-electron chi connectivity index (χ3n) is 10.6. The summed E-state index contributed by atoms with van der Waals surface area (Å²) in [5, 5.41) is 3.36. The molecule has 1 N–H and O–H groups in total. The van der Waals surface area contributed by atoms with Crippen LogP contribution in [0.5, 0.6) is 0 Å². The fourth-order valence-electron chi connectivity index (χ4n) is 7.75. The number of hydrogen-bond donors (Lipinski definition) is 1. The molecule has 5 heterocycles. The Morgan fingerprint density at radius 1 is 1.02 bits per heavy atom. The Bertz CT molecular complexity index is 1410. The number of rotatable bonds is 3. The fraction of sp³-hybridized carbons (Fsp3) is 0.579. The van der Waals surface area contributed by atoms with E-state index in [-0.39, 0.29) is 34.9 Å². The molecule has 2 fully saturated rings. The van der Waals surface area contributed by atoms with Crippen LogP contribution in [0.2, 0.25) is 0 Å². The van der Waals surface area contributed by atoms with E-state index in [9.17, 15) is 4.39 Å². The lowest BCUT2D eigenvalue weighted by atomic mass is 9.84. The molecule has 1 unspecified atom stereocenters. The van der Waals surface area contributed by atoms with Crippen LogP contribution in [-0.4, -0.2) is 65.7 Å². The summed E-state index contributed by atoms with van der Waals surface area (Å²) in [4.78, 5) is 9.02. The molecule has 0 saturated carbocycles. The molecule has 2 saturated heterocycles. The first-order chi connectivity index (χ1) is 22.6. The largest absolute Gasteiger partial charge is 0.378 e. The summed E-state index contributed by atoms with van der Waals surface area (Å²) in [6.07, 6.45) is 10.8. The molecule has 0 spiro atoms. The van der Waals surface area contributed by atoms with E-state index in [1.807, 2.05) is 11.8 Å². The smallest absolute Gasteiger partial charge is 0.278 e. The second kappa shape index (κ2) is 15.7. The number of alkyl halides is 3. The highest BCUT2D eigenvalue weighted by atomic mass is 32.2. The fourth-order valence-corrected chi connectivity index (χ4v) is 9.19. The molecular formula is C38H52F4N4S. The van der Waals surface area contributed by atoms with Gasteiger partial charge in [0.05, 0.1) is 11.6 Å². The van der Waals surface area contributed by atoms with Gasteiger partial charge in [-0.2, -0.15) is 10.5 Å². The Hall–Kier alpha value is -2.65. The average molecular weight is 673 g/mol. The first-order valence-electron chi connectivity index (χ1n) is 17.4. The van der Waals surface area contributed by atoms with E-state index in [1.165, 1.54) is 17.7 Å². The molecule has 47 heavy (non-hydrogen) atoms. The Labute approximate surface area is 281 Å². The number of fused-ring (bicyclic) bond motifs is 10. The van der Waals surface area contributed by atoms with Crippen molar-refractivity contribution in [1.82, 2.24) is 15.1 Å². The minimum absolute atomic E-state index is 0.168. The van der Waals surface area contributed by atoms with Crippen molar-refractivity contribution >= 4 is 22.6 Å². The minimum Gasteiger partial charge on any atom is -0.378 e. The van der Waals surface area contributed by atoms with Crippen molar-refractivity contribution < 1.29 is 17.6 Å². The Morgan fingerprint density at radius 2 is 1.72 bits per heavy atom. The molecule has 0 aromatic heterocycles. The number of nitrogens with zero attached hydrogens (tertiary/aromatic N) is 3. The molecule has 5 aliphatic rings. The van der Waals surface area contributed by atoms with E-state index in [4.69, 9.17) is 4.99 Å². The molecular weight excluding hydrogens is 621 g/mol. The number of halogens is 4. The molecule has 6 bridgehead atoms. The lowest BCUT2D eigenvalue weighted by molar-refractivity contribution is -0.0918. The number of piperidine rings is 1. The van der Waals surface area contributed by atoms with E-state index in [0.717, 1.165) is 73.7 Å². The summed E-state index contributed by atoms with van der Waals surface area (Å²) >= 11 is 0. The summed E-state index contributed by atoms with van der Waals surface area (Å²) in [5.41, 5.74) is 3.09. The molecule has 6 rings (SSSR count). The number of benzene rings is 1. The minimum atomic E-state index is -3.34. The Kier molecular flexibility index (Phi) is 11.9. The Morgan fingerprint density at radius 3 is 2.40 bits per heavy atom. The van der Waals surface area contributed by atoms with Gasteiger partial charge in [0.15, 0.2) is 0 Å². The molecule has 258 valence electrons. The van der Waals surface area contributed by atoms with Gasteiger partial charge in [0.25, 0.3) is 5.92 Å². The normalized spacial score (nSPS) is 31.4. The maximum atomic E-state index is 16.1. The van der Waals surface area contributed by atoms with Gasteiger partial charge >= 0.3 is 0 Å². The zero-order valence-electron chi connectivity index (χ0n) is 28.2. The molecule has 5 aliphatic heterocycles. The van der Waals surface area contributed by atoms with Crippen LogP contribution in [0.15, 0.2) is 70.8 Å². The lowest BCUT2D eigenvalue weighted by Crippen LogP contribution is -2.45. The second-order valence-corrected chi connectivity index (χ2v) is 15.7. The van der Waals surface area contributed by atoms with Gasteiger partial charge in [0.2, 0.25) is 0 Å². The van der Waals surface area contributed by atoms with Crippen LogP contribution in [0.3, 0.4) is 0 Å². The zero-order chi connectivity index (χ0) is 33.7. The highest BCUT2D eigenvalue weighted by Crippen LogP contribution is 2.45. The van der Waals surface area contributed by atoms with E-state index in [2.05, 4.69) is 35.3 Å². The Balaban J connectivity index is 1.52. The van der Waals surface area contributed by atoms with Crippen molar-refractivity contribution in [3.05, 3.63) is 82.7 Å². The third-order valence-corrected chi connectivity index (χ3v) is 12.3. The molecule has 1 aromatic carbocycles. The van der Waals surface area contributed by atoms with Crippen molar-refractivity contribution in [2.45, 2.75) is 89.6 Å². The average Bonchev–Trinajstić information content (AvgIpc) is 3.06. The number of allylic oxidation sites excluding steroid dienone is 2. The molecule has 9 heteroatoms. The molecule has 2 atom stereocenters. The topological polar surface area (TPSA) is 30.9 Å². The van der Waals surface area contributed by atoms with Crippen molar-refractivity contribution in [1.29, 1.82) is 0 Å². The van der Waals surface area contributed by atoms with Gasteiger partial charge in [-0.3, -0.25) is 4.90 Å². The van der Waals surface area contributed by atoms with Gasteiger partial charge in [0, 0.05) is 47.2 Å². The third kappa shape index (κ3) is 7.82. The number of aliphatic imine (C=N–C) groups is 1. The highest BCUT2D eigenvalue weighted by molar-refractivity contribution is 8.14. The summed E-state index contributed by atoms with van der Waals surface area (Å²) in [6, 6.07) is 3.40. The molecule has 4 nitrogen and oxygen atoms in total. The highest BCUT2D eigenvalue weighted by Gasteiger charge is 2.45. The van der Waals surface area contributed by atoms with E-state index in [1.54, 1.807) is 19.2 Å². The van der Waals surface area contributed by atoms with Gasteiger partial charge < -0.3 is 10.2 Å². The summed E-state index contributed by atoms with van der Waals surface area (Å²) < 4.78 is 62.3. The van der Waals surface area contributed by atoms with Gasteiger partial charge in [-0.15, -0.1) is 0 Å². The summed E-state index contributed by atoms with van der Waals surface area (Å²) in [7, 11) is 0.185. The second-order valence-electron chi connectivity index (χ2n) is 13.6. The van der Waals surface area contributed by atoms with Crippen LogP contribution in [0.25, 0.3) is 0 Å². The van der Waals surface area contributed by atoms with Crippen LogP contribution in [-0.2, 0) is 5.92 Å². The molecule has 0 radical (unpaired) electrons. The number of nitrogens with one attached hydrogen (secondary N) is 1. The van der Waals surface area contributed by atoms with Crippen LogP contribution < -0.4 is 5.32 Å². The van der Waals surface area contributed by atoms with Crippen molar-refractivity contribution in [3.63, 3.8) is 0 Å². The lowest BCUT2D eigenvalue weighted by Gasteiger charge is -2.39. The first kappa shape index (κ1) is 35.7.